The average molecular weight is 343 g/mol. The van der Waals surface area contributed by atoms with Crippen LogP contribution in [0.15, 0.2) is 46.2 Å². The number of hydrogen-bond acceptors (Lipinski definition) is 5. The van der Waals surface area contributed by atoms with Crippen molar-refractivity contribution in [2.24, 2.45) is 0 Å². The summed E-state index contributed by atoms with van der Waals surface area (Å²) in [7, 11) is -3.66. The molecule has 0 atom stereocenters. The van der Waals surface area contributed by atoms with Gasteiger partial charge < -0.3 is 5.73 Å². The minimum atomic E-state index is -3.66. The number of sulfonamides is 1. The monoisotopic (exact) mass is 342 g/mol. The van der Waals surface area contributed by atoms with Gasteiger partial charge in [-0.25, -0.2) is 23.1 Å². The third kappa shape index (κ3) is 3.49. The number of hydrogen-bond donors (Lipinski definition) is 2. The van der Waals surface area contributed by atoms with Crippen LogP contribution < -0.4 is 10.5 Å². The van der Waals surface area contributed by atoms with E-state index < -0.39 is 10.0 Å². The van der Waals surface area contributed by atoms with E-state index in [4.69, 9.17) is 5.73 Å². The van der Waals surface area contributed by atoms with Crippen LogP contribution in [0.5, 0.6) is 0 Å². The summed E-state index contributed by atoms with van der Waals surface area (Å²) in [6.07, 6.45) is 2.91. The Balaban J connectivity index is 2.19. The quantitative estimate of drug-likeness (QED) is 0.816. The third-order valence-electron chi connectivity index (χ3n) is 2.35. The van der Waals surface area contributed by atoms with Gasteiger partial charge in [0.15, 0.2) is 0 Å². The second-order valence-electron chi connectivity index (χ2n) is 3.71. The SMILES string of the molecule is Nc1cc(Br)ccc1S(=O)(=O)NCc1ccncn1. The van der Waals surface area contributed by atoms with Crippen molar-refractivity contribution in [1.29, 1.82) is 0 Å². The van der Waals surface area contributed by atoms with Crippen molar-refractivity contribution in [1.82, 2.24) is 14.7 Å². The molecule has 2 rings (SSSR count). The van der Waals surface area contributed by atoms with Gasteiger partial charge >= 0.3 is 0 Å². The molecule has 1 heterocycles. The van der Waals surface area contributed by atoms with Crippen LogP contribution in [0.25, 0.3) is 0 Å². The number of nitrogens with two attached hydrogens (primary N) is 1. The number of nitrogen functional groups attached to an aromatic ring is 1. The predicted octanol–water partition coefficient (Wildman–Crippen LogP) is 1.30. The van der Waals surface area contributed by atoms with E-state index in [0.29, 0.717) is 5.69 Å². The number of aromatic nitrogens is 2. The summed E-state index contributed by atoms with van der Waals surface area (Å²) in [5.74, 6) is 0. The average Bonchev–Trinajstić information content (AvgIpc) is 2.37. The molecule has 0 spiro atoms. The molecule has 0 aliphatic heterocycles. The molecule has 0 bridgehead atoms. The van der Waals surface area contributed by atoms with Crippen molar-refractivity contribution in [2.45, 2.75) is 11.4 Å². The standard InChI is InChI=1S/C11H11BrN4O2S/c12-8-1-2-11(10(13)5-8)19(17,18)16-6-9-3-4-14-7-15-9/h1-5,7,16H,6,13H2. The van der Waals surface area contributed by atoms with Gasteiger partial charge in [0.2, 0.25) is 10.0 Å². The fraction of sp³-hybridized carbons (Fsp3) is 0.0909. The molecule has 0 radical (unpaired) electrons. The largest absolute Gasteiger partial charge is 0.398 e. The highest BCUT2D eigenvalue weighted by atomic mass is 79.9. The zero-order valence-electron chi connectivity index (χ0n) is 9.75. The summed E-state index contributed by atoms with van der Waals surface area (Å²) < 4.78 is 27.3. The van der Waals surface area contributed by atoms with E-state index in [9.17, 15) is 8.42 Å². The molecule has 100 valence electrons. The van der Waals surface area contributed by atoms with Gasteiger partial charge in [-0.2, -0.15) is 0 Å². The summed E-state index contributed by atoms with van der Waals surface area (Å²) >= 11 is 3.23. The first-order valence-corrected chi connectivity index (χ1v) is 7.56. The molecule has 19 heavy (non-hydrogen) atoms. The van der Waals surface area contributed by atoms with Crippen LogP contribution in [0.1, 0.15) is 5.69 Å². The molecule has 1 aromatic heterocycles. The lowest BCUT2D eigenvalue weighted by atomic mass is 10.3. The number of halogens is 1. The highest BCUT2D eigenvalue weighted by molar-refractivity contribution is 9.10. The van der Waals surface area contributed by atoms with E-state index in [2.05, 4.69) is 30.6 Å². The normalized spacial score (nSPS) is 11.4. The second-order valence-corrected chi connectivity index (χ2v) is 6.36. The first-order chi connectivity index (χ1) is 8.99. The maximum atomic E-state index is 12.1. The summed E-state index contributed by atoms with van der Waals surface area (Å²) in [6.45, 7) is 0.0837. The highest BCUT2D eigenvalue weighted by Gasteiger charge is 2.17. The fourth-order valence-corrected chi connectivity index (χ4v) is 2.92. The van der Waals surface area contributed by atoms with Gasteiger partial charge in [0, 0.05) is 10.7 Å². The first kappa shape index (κ1) is 13.9. The van der Waals surface area contributed by atoms with E-state index in [1.807, 2.05) is 0 Å². The summed E-state index contributed by atoms with van der Waals surface area (Å²) in [5, 5.41) is 0. The minimum Gasteiger partial charge on any atom is -0.398 e. The van der Waals surface area contributed by atoms with Crippen molar-refractivity contribution >= 4 is 31.6 Å². The van der Waals surface area contributed by atoms with E-state index in [1.165, 1.54) is 12.4 Å². The number of nitrogens with one attached hydrogen (secondary N) is 1. The predicted molar refractivity (Wildman–Crippen MR) is 74.6 cm³/mol. The third-order valence-corrected chi connectivity index (χ3v) is 4.32. The molecular formula is C11H11BrN4O2S. The molecule has 0 amide bonds. The van der Waals surface area contributed by atoms with Crippen molar-refractivity contribution in [3.63, 3.8) is 0 Å². The molecule has 0 saturated heterocycles. The second kappa shape index (κ2) is 5.64. The van der Waals surface area contributed by atoms with Crippen LogP contribution in [-0.4, -0.2) is 18.4 Å². The van der Waals surface area contributed by atoms with Gasteiger partial charge in [-0.05, 0) is 24.3 Å². The summed E-state index contributed by atoms with van der Waals surface area (Å²) in [6, 6.07) is 6.24. The first-order valence-electron chi connectivity index (χ1n) is 5.28. The van der Waals surface area contributed by atoms with Crippen LogP contribution >= 0.6 is 15.9 Å². The zero-order valence-corrected chi connectivity index (χ0v) is 12.1. The van der Waals surface area contributed by atoms with Gasteiger partial charge in [0.25, 0.3) is 0 Å². The number of nitrogens with zero attached hydrogens (tertiary/aromatic N) is 2. The Morgan fingerprint density at radius 3 is 2.74 bits per heavy atom. The molecule has 0 aliphatic carbocycles. The van der Waals surface area contributed by atoms with Crippen LogP contribution in [0.4, 0.5) is 5.69 Å². The Kier molecular flexibility index (Phi) is 4.13. The Hall–Kier alpha value is -1.51. The van der Waals surface area contributed by atoms with Crippen LogP contribution in [0, 0.1) is 0 Å². The molecule has 6 nitrogen and oxygen atoms in total. The lowest BCUT2D eigenvalue weighted by molar-refractivity contribution is 0.580. The van der Waals surface area contributed by atoms with Crippen molar-refractivity contribution in [3.8, 4) is 0 Å². The Bertz CT molecular complexity index is 676. The van der Waals surface area contributed by atoms with Gasteiger partial charge in [0.05, 0.1) is 17.9 Å². The van der Waals surface area contributed by atoms with Crippen molar-refractivity contribution in [2.75, 3.05) is 5.73 Å². The Morgan fingerprint density at radius 2 is 2.11 bits per heavy atom. The molecule has 0 saturated carbocycles. The van der Waals surface area contributed by atoms with Gasteiger partial charge in [-0.15, -0.1) is 0 Å². The fourth-order valence-electron chi connectivity index (χ4n) is 1.43. The number of benzene rings is 1. The van der Waals surface area contributed by atoms with E-state index in [0.717, 1.165) is 4.47 Å². The molecular weight excluding hydrogens is 332 g/mol. The van der Waals surface area contributed by atoms with Crippen LogP contribution in [0.3, 0.4) is 0 Å². The zero-order chi connectivity index (χ0) is 13.9. The Labute approximate surface area is 119 Å². The lowest BCUT2D eigenvalue weighted by Crippen LogP contribution is -2.24. The molecule has 1 aromatic carbocycles. The molecule has 0 fully saturated rings. The topological polar surface area (TPSA) is 98.0 Å². The van der Waals surface area contributed by atoms with E-state index >= 15 is 0 Å². The smallest absolute Gasteiger partial charge is 0.242 e. The highest BCUT2D eigenvalue weighted by Crippen LogP contribution is 2.22. The minimum absolute atomic E-state index is 0.0461. The van der Waals surface area contributed by atoms with Gasteiger partial charge in [-0.3, -0.25) is 0 Å². The molecule has 2 aromatic rings. The van der Waals surface area contributed by atoms with Crippen molar-refractivity contribution in [3.05, 3.63) is 47.0 Å². The van der Waals surface area contributed by atoms with Gasteiger partial charge in [-0.1, -0.05) is 15.9 Å². The molecule has 0 unspecified atom stereocenters. The molecule has 0 aliphatic rings. The maximum Gasteiger partial charge on any atom is 0.242 e. The van der Waals surface area contributed by atoms with Crippen LogP contribution in [-0.2, 0) is 16.6 Å². The number of anilines is 1. The van der Waals surface area contributed by atoms with Gasteiger partial charge in [0.1, 0.15) is 11.2 Å². The lowest BCUT2D eigenvalue weighted by Gasteiger charge is -2.09. The van der Waals surface area contributed by atoms with Crippen LogP contribution in [0.2, 0.25) is 0 Å². The van der Waals surface area contributed by atoms with Crippen molar-refractivity contribution < 1.29 is 8.42 Å². The number of rotatable bonds is 4. The Morgan fingerprint density at radius 1 is 1.32 bits per heavy atom. The molecule has 8 heteroatoms. The molecule has 3 N–H and O–H groups in total. The maximum absolute atomic E-state index is 12.1. The summed E-state index contributed by atoms with van der Waals surface area (Å²) in [4.78, 5) is 7.74. The summed E-state index contributed by atoms with van der Waals surface area (Å²) in [5.41, 5.74) is 6.46. The van der Waals surface area contributed by atoms with E-state index in [1.54, 1.807) is 24.4 Å². The van der Waals surface area contributed by atoms with E-state index in [-0.39, 0.29) is 17.1 Å².